The van der Waals surface area contributed by atoms with Gasteiger partial charge in [0.05, 0.1) is 0 Å². The van der Waals surface area contributed by atoms with Crippen molar-refractivity contribution in [3.8, 4) is 11.5 Å². The summed E-state index contributed by atoms with van der Waals surface area (Å²) >= 11 is 0. The van der Waals surface area contributed by atoms with Gasteiger partial charge < -0.3 is 19.0 Å². The molecular formula is C16H10N2O4. The van der Waals surface area contributed by atoms with Crippen LogP contribution in [-0.4, -0.2) is 20.2 Å². The summed E-state index contributed by atoms with van der Waals surface area (Å²) in [7, 11) is 0. The minimum absolute atomic E-state index is 0.134. The van der Waals surface area contributed by atoms with E-state index in [-0.39, 0.29) is 11.5 Å². The summed E-state index contributed by atoms with van der Waals surface area (Å²) in [4.78, 5) is 8.47. The molecule has 0 bridgehead atoms. The molecule has 0 fully saturated rings. The van der Waals surface area contributed by atoms with Gasteiger partial charge in [0.1, 0.15) is 22.5 Å². The van der Waals surface area contributed by atoms with Gasteiger partial charge in [0.25, 0.3) is 0 Å². The third-order valence-electron chi connectivity index (χ3n) is 3.14. The normalized spacial score (nSPS) is 11.8. The van der Waals surface area contributed by atoms with Crippen LogP contribution < -0.4 is 0 Å². The second-order valence-corrected chi connectivity index (χ2v) is 4.74. The van der Waals surface area contributed by atoms with Gasteiger partial charge in [0.15, 0.2) is 11.2 Å². The first-order valence-corrected chi connectivity index (χ1v) is 6.54. The molecule has 0 radical (unpaired) electrons. The maximum atomic E-state index is 9.41. The zero-order valence-electron chi connectivity index (χ0n) is 11.2. The Balaban J connectivity index is 1.68. The van der Waals surface area contributed by atoms with Crippen molar-refractivity contribution < 1.29 is 19.0 Å². The first-order valence-electron chi connectivity index (χ1n) is 6.54. The van der Waals surface area contributed by atoms with Gasteiger partial charge in [-0.15, -0.1) is 0 Å². The Labute approximate surface area is 124 Å². The standard InChI is InChI=1S/C16H10N2O4/c19-9-1-3-13-11(7-9)17-15(21-13)5-6-16-18-12-8-10(20)2-4-14(12)22-16/h1-8,19-20H. The number of oxazole rings is 2. The van der Waals surface area contributed by atoms with Crippen molar-refractivity contribution in [2.45, 2.75) is 0 Å². The Morgan fingerprint density at radius 2 is 1.18 bits per heavy atom. The van der Waals surface area contributed by atoms with Crippen molar-refractivity contribution in [1.29, 1.82) is 0 Å². The lowest BCUT2D eigenvalue weighted by molar-refractivity contribution is 0.475. The minimum atomic E-state index is 0.134. The highest BCUT2D eigenvalue weighted by molar-refractivity contribution is 5.79. The highest BCUT2D eigenvalue weighted by Gasteiger charge is 2.06. The molecule has 2 aromatic carbocycles. The SMILES string of the molecule is Oc1ccc2oc(C=Cc3nc4cc(O)ccc4o3)nc2c1. The van der Waals surface area contributed by atoms with E-state index in [1.165, 1.54) is 24.3 Å². The van der Waals surface area contributed by atoms with Gasteiger partial charge in [-0.05, 0) is 24.3 Å². The van der Waals surface area contributed by atoms with Gasteiger partial charge in [-0.1, -0.05) is 0 Å². The molecule has 2 heterocycles. The van der Waals surface area contributed by atoms with E-state index in [0.29, 0.717) is 34.0 Å². The summed E-state index contributed by atoms with van der Waals surface area (Å²) in [5.74, 6) is 1.03. The highest BCUT2D eigenvalue weighted by atomic mass is 16.4. The zero-order chi connectivity index (χ0) is 15.1. The van der Waals surface area contributed by atoms with Crippen molar-refractivity contribution >= 4 is 34.4 Å². The fourth-order valence-electron chi connectivity index (χ4n) is 2.15. The predicted molar refractivity (Wildman–Crippen MR) is 80.3 cm³/mol. The number of rotatable bonds is 2. The molecule has 0 atom stereocenters. The van der Waals surface area contributed by atoms with Gasteiger partial charge in [-0.3, -0.25) is 0 Å². The molecule has 4 rings (SSSR count). The Morgan fingerprint density at radius 1 is 0.727 bits per heavy atom. The summed E-state index contributed by atoms with van der Waals surface area (Å²) in [6, 6.07) is 9.42. The molecule has 2 N–H and O–H groups in total. The van der Waals surface area contributed by atoms with Crippen molar-refractivity contribution in [3.63, 3.8) is 0 Å². The third-order valence-corrected chi connectivity index (χ3v) is 3.14. The number of benzene rings is 2. The summed E-state index contributed by atoms with van der Waals surface area (Å²) in [5.41, 5.74) is 2.31. The second-order valence-electron chi connectivity index (χ2n) is 4.74. The predicted octanol–water partition coefficient (Wildman–Crippen LogP) is 3.55. The van der Waals surface area contributed by atoms with E-state index in [0.717, 1.165) is 0 Å². The van der Waals surface area contributed by atoms with Crippen LogP contribution in [0.1, 0.15) is 11.8 Å². The number of nitrogens with zero attached hydrogens (tertiary/aromatic N) is 2. The molecule has 6 nitrogen and oxygen atoms in total. The van der Waals surface area contributed by atoms with Crippen LogP contribution in [0.2, 0.25) is 0 Å². The van der Waals surface area contributed by atoms with Crippen molar-refractivity contribution in [2.75, 3.05) is 0 Å². The van der Waals surface area contributed by atoms with Crippen molar-refractivity contribution in [1.82, 2.24) is 9.97 Å². The zero-order valence-corrected chi connectivity index (χ0v) is 11.2. The van der Waals surface area contributed by atoms with Gasteiger partial charge in [0.2, 0.25) is 11.8 Å². The Bertz CT molecular complexity index is 932. The van der Waals surface area contributed by atoms with Gasteiger partial charge in [-0.2, -0.15) is 0 Å². The summed E-state index contributed by atoms with van der Waals surface area (Å²) in [6.45, 7) is 0. The average Bonchev–Trinajstić information content (AvgIpc) is 3.07. The Morgan fingerprint density at radius 3 is 1.64 bits per heavy atom. The van der Waals surface area contributed by atoms with Crippen LogP contribution in [0.15, 0.2) is 45.2 Å². The molecule has 0 saturated carbocycles. The summed E-state index contributed by atoms with van der Waals surface area (Å²) in [6.07, 6.45) is 3.25. The second kappa shape index (κ2) is 4.63. The van der Waals surface area contributed by atoms with E-state index in [1.807, 2.05) is 0 Å². The van der Waals surface area contributed by atoms with E-state index in [9.17, 15) is 10.2 Å². The Hall–Kier alpha value is -3.28. The van der Waals surface area contributed by atoms with Crippen molar-refractivity contribution in [2.24, 2.45) is 0 Å². The largest absolute Gasteiger partial charge is 0.508 e. The monoisotopic (exact) mass is 294 g/mol. The van der Waals surface area contributed by atoms with E-state index in [2.05, 4.69) is 9.97 Å². The molecule has 22 heavy (non-hydrogen) atoms. The molecule has 108 valence electrons. The van der Waals surface area contributed by atoms with E-state index in [1.54, 1.807) is 24.3 Å². The van der Waals surface area contributed by atoms with E-state index >= 15 is 0 Å². The number of aromatic nitrogens is 2. The Kier molecular flexibility index (Phi) is 2.62. The number of phenolic OH excluding ortho intramolecular Hbond substituents is 2. The third kappa shape index (κ3) is 2.16. The van der Waals surface area contributed by atoms with E-state index in [4.69, 9.17) is 8.83 Å². The molecular weight excluding hydrogens is 284 g/mol. The van der Waals surface area contributed by atoms with Crippen LogP contribution in [0.25, 0.3) is 34.4 Å². The molecule has 0 unspecified atom stereocenters. The van der Waals surface area contributed by atoms with Gasteiger partial charge >= 0.3 is 0 Å². The molecule has 0 aliphatic carbocycles. The van der Waals surface area contributed by atoms with Crippen LogP contribution in [-0.2, 0) is 0 Å². The summed E-state index contributed by atoms with van der Waals surface area (Å²) < 4.78 is 11.0. The lowest BCUT2D eigenvalue weighted by atomic mass is 10.3. The van der Waals surface area contributed by atoms with E-state index < -0.39 is 0 Å². The first kappa shape index (κ1) is 12.5. The van der Waals surface area contributed by atoms with Crippen molar-refractivity contribution in [3.05, 3.63) is 48.2 Å². The topological polar surface area (TPSA) is 92.5 Å². The van der Waals surface area contributed by atoms with Crippen LogP contribution in [0.3, 0.4) is 0 Å². The fourth-order valence-corrected chi connectivity index (χ4v) is 2.15. The maximum Gasteiger partial charge on any atom is 0.220 e. The number of phenols is 2. The molecule has 0 amide bonds. The lowest BCUT2D eigenvalue weighted by Gasteiger charge is -1.87. The molecule has 6 heteroatoms. The smallest absolute Gasteiger partial charge is 0.220 e. The fraction of sp³-hybridized carbons (Fsp3) is 0. The van der Waals surface area contributed by atoms with Gasteiger partial charge in [-0.25, -0.2) is 9.97 Å². The summed E-state index contributed by atoms with van der Waals surface area (Å²) in [5, 5.41) is 18.8. The maximum absolute atomic E-state index is 9.41. The molecule has 2 aromatic heterocycles. The molecule has 0 spiro atoms. The quantitative estimate of drug-likeness (QED) is 0.587. The van der Waals surface area contributed by atoms with Crippen LogP contribution in [0.5, 0.6) is 11.5 Å². The molecule has 0 aliphatic rings. The van der Waals surface area contributed by atoms with Crippen LogP contribution in [0.4, 0.5) is 0 Å². The van der Waals surface area contributed by atoms with Crippen LogP contribution >= 0.6 is 0 Å². The average molecular weight is 294 g/mol. The number of fused-ring (bicyclic) bond motifs is 2. The first-order chi connectivity index (χ1) is 10.7. The number of hydrogen-bond acceptors (Lipinski definition) is 6. The molecule has 0 saturated heterocycles. The number of aromatic hydroxyl groups is 2. The van der Waals surface area contributed by atoms with Crippen LogP contribution in [0, 0.1) is 0 Å². The molecule has 4 aromatic rings. The lowest BCUT2D eigenvalue weighted by Crippen LogP contribution is -1.72. The number of hydrogen-bond donors (Lipinski definition) is 2. The highest BCUT2D eigenvalue weighted by Crippen LogP contribution is 2.23. The van der Waals surface area contributed by atoms with Gasteiger partial charge in [0, 0.05) is 24.3 Å². The molecule has 0 aliphatic heterocycles. The minimum Gasteiger partial charge on any atom is -0.508 e.